The smallest absolute Gasteiger partial charge is 0.376 e. The maximum absolute atomic E-state index is 10.7. The lowest BCUT2D eigenvalue weighted by atomic mass is 10.6. The first-order valence-electron chi connectivity index (χ1n) is 3.04. The summed E-state index contributed by atoms with van der Waals surface area (Å²) in [7, 11) is 1.18. The zero-order valence-electron chi connectivity index (χ0n) is 6.40. The van der Waals surface area contributed by atoms with Crippen LogP contribution in [0, 0.1) is 0 Å². The van der Waals surface area contributed by atoms with Gasteiger partial charge in [0.1, 0.15) is 0 Å². The highest BCUT2D eigenvalue weighted by molar-refractivity contribution is 5.74. The first-order valence-corrected chi connectivity index (χ1v) is 3.04. The molecule has 11 heavy (non-hydrogen) atoms. The van der Waals surface area contributed by atoms with Crippen molar-refractivity contribution >= 4 is 12.4 Å². The van der Waals surface area contributed by atoms with Gasteiger partial charge in [-0.25, -0.2) is 4.79 Å². The molecule has 0 radical (unpaired) electrons. The SMILES string of the molecule is CCOC(OC=O)C(=O)OC. The first-order chi connectivity index (χ1) is 5.26. The average molecular weight is 162 g/mol. The number of esters is 1. The number of hydrogen-bond donors (Lipinski definition) is 0. The average Bonchev–Trinajstić information content (AvgIpc) is 2.03. The molecule has 0 spiro atoms. The van der Waals surface area contributed by atoms with E-state index in [1.165, 1.54) is 7.11 Å². The number of rotatable bonds is 5. The van der Waals surface area contributed by atoms with Gasteiger partial charge in [0, 0.05) is 6.61 Å². The molecule has 0 fully saturated rings. The van der Waals surface area contributed by atoms with Crippen LogP contribution in [0.2, 0.25) is 0 Å². The maximum atomic E-state index is 10.7. The zero-order chi connectivity index (χ0) is 8.69. The molecule has 0 bridgehead atoms. The normalized spacial score (nSPS) is 11.8. The first kappa shape index (κ1) is 9.90. The van der Waals surface area contributed by atoms with E-state index < -0.39 is 12.3 Å². The van der Waals surface area contributed by atoms with E-state index in [9.17, 15) is 9.59 Å². The van der Waals surface area contributed by atoms with Crippen LogP contribution in [0.15, 0.2) is 0 Å². The molecular weight excluding hydrogens is 152 g/mol. The molecule has 5 nitrogen and oxygen atoms in total. The lowest BCUT2D eigenvalue weighted by molar-refractivity contribution is -0.190. The van der Waals surface area contributed by atoms with Crippen molar-refractivity contribution in [2.45, 2.75) is 13.2 Å². The molecule has 0 saturated heterocycles. The molecule has 0 heterocycles. The highest BCUT2D eigenvalue weighted by atomic mass is 16.7. The standard InChI is InChI=1S/C6H10O5/c1-3-10-6(11-4-7)5(8)9-2/h4,6H,3H2,1-2H3. The summed E-state index contributed by atoms with van der Waals surface area (Å²) in [5.74, 6) is -0.723. The van der Waals surface area contributed by atoms with Crippen LogP contribution in [0.25, 0.3) is 0 Å². The molecule has 0 amide bonds. The van der Waals surface area contributed by atoms with Gasteiger partial charge in [0.05, 0.1) is 7.11 Å². The minimum Gasteiger partial charge on any atom is -0.464 e. The van der Waals surface area contributed by atoms with Crippen LogP contribution in [-0.4, -0.2) is 32.4 Å². The summed E-state index contributed by atoms with van der Waals surface area (Å²) in [6.45, 7) is 2.08. The largest absolute Gasteiger partial charge is 0.464 e. The number of methoxy groups -OCH3 is 1. The van der Waals surface area contributed by atoms with Gasteiger partial charge < -0.3 is 14.2 Å². The van der Waals surface area contributed by atoms with Gasteiger partial charge in [-0.2, -0.15) is 0 Å². The second kappa shape index (κ2) is 5.67. The molecule has 0 aromatic carbocycles. The third-order valence-corrected chi connectivity index (χ3v) is 0.891. The Kier molecular flexibility index (Phi) is 5.10. The van der Waals surface area contributed by atoms with Crippen LogP contribution in [-0.2, 0) is 23.8 Å². The minimum atomic E-state index is -1.23. The summed E-state index contributed by atoms with van der Waals surface area (Å²) in [5.41, 5.74) is 0. The Labute approximate surface area is 64.2 Å². The van der Waals surface area contributed by atoms with Gasteiger partial charge in [0.2, 0.25) is 0 Å². The summed E-state index contributed by atoms with van der Waals surface area (Å²) >= 11 is 0. The number of carbonyl (C=O) groups excluding carboxylic acids is 2. The summed E-state index contributed by atoms with van der Waals surface area (Å²) in [5, 5.41) is 0. The van der Waals surface area contributed by atoms with Crippen molar-refractivity contribution < 1.29 is 23.8 Å². The molecule has 0 aliphatic heterocycles. The van der Waals surface area contributed by atoms with Crippen LogP contribution in [0.1, 0.15) is 6.92 Å². The van der Waals surface area contributed by atoms with E-state index in [1.54, 1.807) is 6.92 Å². The van der Waals surface area contributed by atoms with E-state index >= 15 is 0 Å². The fourth-order valence-electron chi connectivity index (χ4n) is 0.461. The molecule has 0 rings (SSSR count). The molecule has 0 aromatic rings. The summed E-state index contributed by atoms with van der Waals surface area (Å²) in [4.78, 5) is 20.5. The summed E-state index contributed by atoms with van der Waals surface area (Å²) in [6, 6.07) is 0. The van der Waals surface area contributed by atoms with Crippen molar-refractivity contribution in [1.82, 2.24) is 0 Å². The van der Waals surface area contributed by atoms with Crippen LogP contribution < -0.4 is 0 Å². The molecule has 0 aromatic heterocycles. The molecule has 0 saturated carbocycles. The monoisotopic (exact) mass is 162 g/mol. The van der Waals surface area contributed by atoms with E-state index in [4.69, 9.17) is 4.74 Å². The Morgan fingerprint density at radius 3 is 2.64 bits per heavy atom. The highest BCUT2D eigenvalue weighted by Gasteiger charge is 2.19. The Hall–Kier alpha value is -1.10. The Balaban J connectivity index is 3.86. The molecule has 0 aliphatic carbocycles. The quantitative estimate of drug-likeness (QED) is 0.315. The fourth-order valence-corrected chi connectivity index (χ4v) is 0.461. The van der Waals surface area contributed by atoms with Crippen LogP contribution in [0.5, 0.6) is 0 Å². The second-order valence-electron chi connectivity index (χ2n) is 1.54. The van der Waals surface area contributed by atoms with E-state index in [2.05, 4.69) is 9.47 Å². The van der Waals surface area contributed by atoms with Crippen LogP contribution in [0.3, 0.4) is 0 Å². The number of ether oxygens (including phenoxy) is 3. The van der Waals surface area contributed by atoms with Crippen molar-refractivity contribution in [2.75, 3.05) is 13.7 Å². The van der Waals surface area contributed by atoms with E-state index in [1.807, 2.05) is 0 Å². The fraction of sp³-hybridized carbons (Fsp3) is 0.667. The Morgan fingerprint density at radius 1 is 1.64 bits per heavy atom. The van der Waals surface area contributed by atoms with Crippen molar-refractivity contribution in [3.8, 4) is 0 Å². The van der Waals surface area contributed by atoms with Gasteiger partial charge >= 0.3 is 12.3 Å². The molecule has 5 heteroatoms. The van der Waals surface area contributed by atoms with Gasteiger partial charge in [-0.3, -0.25) is 4.79 Å². The second-order valence-corrected chi connectivity index (χ2v) is 1.54. The molecule has 0 N–H and O–H groups in total. The topological polar surface area (TPSA) is 61.8 Å². The third-order valence-electron chi connectivity index (χ3n) is 0.891. The zero-order valence-corrected chi connectivity index (χ0v) is 6.40. The van der Waals surface area contributed by atoms with E-state index in [0.29, 0.717) is 0 Å². The third kappa shape index (κ3) is 3.57. The minimum absolute atomic E-state index is 0.136. The lowest BCUT2D eigenvalue weighted by Gasteiger charge is -2.11. The Bertz CT molecular complexity index is 133. The maximum Gasteiger partial charge on any atom is 0.376 e. The molecule has 1 unspecified atom stereocenters. The van der Waals surface area contributed by atoms with Crippen molar-refractivity contribution in [2.24, 2.45) is 0 Å². The molecular formula is C6H10O5. The van der Waals surface area contributed by atoms with Gasteiger partial charge in [-0.15, -0.1) is 0 Å². The van der Waals surface area contributed by atoms with Crippen molar-refractivity contribution in [1.29, 1.82) is 0 Å². The van der Waals surface area contributed by atoms with Crippen LogP contribution >= 0.6 is 0 Å². The van der Waals surface area contributed by atoms with Crippen LogP contribution in [0.4, 0.5) is 0 Å². The highest BCUT2D eigenvalue weighted by Crippen LogP contribution is 1.94. The Morgan fingerprint density at radius 2 is 2.27 bits per heavy atom. The van der Waals surface area contributed by atoms with E-state index in [-0.39, 0.29) is 13.1 Å². The summed E-state index contributed by atoms with van der Waals surface area (Å²) in [6.07, 6.45) is -1.23. The van der Waals surface area contributed by atoms with Crippen molar-refractivity contribution in [3.05, 3.63) is 0 Å². The molecule has 0 aliphatic rings. The summed E-state index contributed by atoms with van der Waals surface area (Å²) < 4.78 is 13.2. The van der Waals surface area contributed by atoms with Gasteiger partial charge in [-0.05, 0) is 6.92 Å². The number of carbonyl (C=O) groups is 2. The van der Waals surface area contributed by atoms with Crippen molar-refractivity contribution in [3.63, 3.8) is 0 Å². The predicted molar refractivity (Wildman–Crippen MR) is 34.6 cm³/mol. The number of hydrogen-bond acceptors (Lipinski definition) is 5. The van der Waals surface area contributed by atoms with Gasteiger partial charge in [0.15, 0.2) is 0 Å². The predicted octanol–water partition coefficient (Wildman–Crippen LogP) is -0.305. The van der Waals surface area contributed by atoms with Gasteiger partial charge in [0.25, 0.3) is 6.47 Å². The lowest BCUT2D eigenvalue weighted by Crippen LogP contribution is -2.28. The molecule has 1 atom stereocenters. The van der Waals surface area contributed by atoms with Gasteiger partial charge in [-0.1, -0.05) is 0 Å². The van der Waals surface area contributed by atoms with E-state index in [0.717, 1.165) is 0 Å². The molecule has 64 valence electrons.